The highest BCUT2D eigenvalue weighted by Gasteiger charge is 2.43. The molecule has 2 bridgehead atoms. The Morgan fingerprint density at radius 3 is 2.59 bits per heavy atom. The van der Waals surface area contributed by atoms with Crippen molar-refractivity contribution in [1.82, 2.24) is 24.7 Å². The third kappa shape index (κ3) is 5.62. The third-order valence-electron chi connectivity index (χ3n) is 8.91. The van der Waals surface area contributed by atoms with Crippen molar-refractivity contribution in [2.24, 2.45) is 5.92 Å². The maximum Gasteiger partial charge on any atom is 0.222 e. The second-order valence-corrected chi connectivity index (χ2v) is 13.3. The first-order valence-electron chi connectivity index (χ1n) is 14.2. The van der Waals surface area contributed by atoms with Gasteiger partial charge in [0.05, 0.1) is 16.6 Å². The van der Waals surface area contributed by atoms with Crippen LogP contribution < -0.4 is 5.32 Å². The highest BCUT2D eigenvalue weighted by molar-refractivity contribution is 8.05. The molecule has 0 spiro atoms. The van der Waals surface area contributed by atoms with Crippen LogP contribution in [0.5, 0.6) is 0 Å². The molecular formula is C28H42ClN5O2S. The van der Waals surface area contributed by atoms with Gasteiger partial charge in [0.25, 0.3) is 0 Å². The second-order valence-electron chi connectivity index (χ2n) is 11.5. The minimum atomic E-state index is 0.0396. The van der Waals surface area contributed by atoms with E-state index in [-0.39, 0.29) is 17.9 Å². The Hall–Kier alpha value is -1.51. The lowest BCUT2D eigenvalue weighted by atomic mass is 9.94. The summed E-state index contributed by atoms with van der Waals surface area (Å²) in [5.41, 5.74) is 2.47. The quantitative estimate of drug-likeness (QED) is 0.507. The van der Waals surface area contributed by atoms with Gasteiger partial charge in [-0.3, -0.25) is 14.5 Å². The molecule has 0 radical (unpaired) electrons. The Morgan fingerprint density at radius 2 is 1.97 bits per heavy atom. The van der Waals surface area contributed by atoms with Gasteiger partial charge in [0.15, 0.2) is 0 Å². The number of rotatable bonds is 8. The van der Waals surface area contributed by atoms with Crippen LogP contribution in [0.1, 0.15) is 89.0 Å². The Labute approximate surface area is 230 Å². The van der Waals surface area contributed by atoms with Crippen molar-refractivity contribution in [3.63, 3.8) is 0 Å². The van der Waals surface area contributed by atoms with Crippen LogP contribution in [-0.4, -0.2) is 67.6 Å². The summed E-state index contributed by atoms with van der Waals surface area (Å²) in [4.78, 5) is 34.1. The number of aromatic nitrogens is 2. The van der Waals surface area contributed by atoms with E-state index in [4.69, 9.17) is 16.6 Å². The number of thioether (sulfide) groups is 1. The van der Waals surface area contributed by atoms with Crippen molar-refractivity contribution in [3.05, 3.63) is 27.7 Å². The summed E-state index contributed by atoms with van der Waals surface area (Å²) >= 11 is 8.03. The lowest BCUT2D eigenvalue weighted by Crippen LogP contribution is -2.48. The standard InChI is InChI=1S/C28H42ClN5O2S/c1-5-6-27(36)32-11-10-25-24(16-32)30-18(3)34(25)22-14-20-7-8-21(15-22)33(20)12-9-23(31-19(4)35)28-17(2)13-26(29)37-28/h13,17,20-23,28H,5-12,14-16H2,1-4H3,(H,31,35)/t17?,20?,21?,22?,23-,28?/m0/s1. The molecule has 4 aliphatic heterocycles. The number of carbonyl (C=O) groups excluding carboxylic acids is 2. The number of halogens is 1. The number of hydrogen-bond acceptors (Lipinski definition) is 5. The van der Waals surface area contributed by atoms with E-state index in [1.807, 2.05) is 4.90 Å². The van der Waals surface area contributed by atoms with E-state index in [0.717, 1.165) is 61.1 Å². The molecule has 1 aromatic heterocycles. The first-order chi connectivity index (χ1) is 17.7. The first kappa shape index (κ1) is 27.1. The molecular weight excluding hydrogens is 506 g/mol. The van der Waals surface area contributed by atoms with Gasteiger partial charge in [-0.05, 0) is 51.4 Å². The fourth-order valence-corrected chi connectivity index (χ4v) is 9.05. The number of aryl methyl sites for hydroxylation is 1. The Balaban J connectivity index is 1.24. The average molecular weight is 548 g/mol. The van der Waals surface area contributed by atoms with Crippen molar-refractivity contribution in [2.45, 2.75) is 115 Å². The van der Waals surface area contributed by atoms with E-state index in [9.17, 15) is 9.59 Å². The van der Waals surface area contributed by atoms with Gasteiger partial charge < -0.3 is 14.8 Å². The van der Waals surface area contributed by atoms with E-state index >= 15 is 0 Å². The van der Waals surface area contributed by atoms with E-state index < -0.39 is 0 Å². The molecule has 4 unspecified atom stereocenters. The van der Waals surface area contributed by atoms with Crippen molar-refractivity contribution in [1.29, 1.82) is 0 Å². The second kappa shape index (κ2) is 11.3. The van der Waals surface area contributed by atoms with Crippen molar-refractivity contribution < 1.29 is 9.59 Å². The molecule has 7 nitrogen and oxygen atoms in total. The summed E-state index contributed by atoms with van der Waals surface area (Å²) in [6.45, 7) is 10.5. The predicted molar refractivity (Wildman–Crippen MR) is 149 cm³/mol. The average Bonchev–Trinajstić information content (AvgIpc) is 3.44. The number of hydrogen-bond donors (Lipinski definition) is 1. The topological polar surface area (TPSA) is 70.5 Å². The fraction of sp³-hybridized carbons (Fsp3) is 0.750. The number of piperidine rings is 1. The number of imidazole rings is 1. The Morgan fingerprint density at radius 1 is 1.24 bits per heavy atom. The van der Waals surface area contributed by atoms with Gasteiger partial charge in [0, 0.05) is 68.0 Å². The van der Waals surface area contributed by atoms with Crippen LogP contribution in [0.2, 0.25) is 0 Å². The lowest BCUT2D eigenvalue weighted by molar-refractivity contribution is -0.132. The monoisotopic (exact) mass is 547 g/mol. The summed E-state index contributed by atoms with van der Waals surface area (Å²) in [7, 11) is 0. The maximum atomic E-state index is 12.5. The summed E-state index contributed by atoms with van der Waals surface area (Å²) in [6, 6.07) is 1.78. The molecule has 2 fully saturated rings. The molecule has 5 heterocycles. The van der Waals surface area contributed by atoms with Crippen LogP contribution in [0.15, 0.2) is 10.4 Å². The van der Waals surface area contributed by atoms with E-state index in [1.165, 1.54) is 18.5 Å². The molecule has 0 aromatic carbocycles. The van der Waals surface area contributed by atoms with Crippen molar-refractivity contribution >= 4 is 35.2 Å². The summed E-state index contributed by atoms with van der Waals surface area (Å²) < 4.78 is 3.38. The Kier molecular flexibility index (Phi) is 8.27. The highest BCUT2D eigenvalue weighted by atomic mass is 35.5. The summed E-state index contributed by atoms with van der Waals surface area (Å²) in [5.74, 6) is 1.76. The molecule has 5 atom stereocenters. The molecule has 2 saturated heterocycles. The predicted octanol–water partition coefficient (Wildman–Crippen LogP) is 4.77. The number of allylic oxidation sites excluding steroid dienone is 1. The lowest BCUT2D eigenvalue weighted by Gasteiger charge is -2.41. The van der Waals surface area contributed by atoms with E-state index in [1.54, 1.807) is 18.7 Å². The molecule has 1 aromatic rings. The highest BCUT2D eigenvalue weighted by Crippen LogP contribution is 2.44. The third-order valence-corrected chi connectivity index (χ3v) is 10.7. The molecule has 0 saturated carbocycles. The molecule has 204 valence electrons. The molecule has 4 aliphatic rings. The molecule has 0 aliphatic carbocycles. The van der Waals surface area contributed by atoms with E-state index in [0.29, 0.717) is 42.3 Å². The minimum Gasteiger partial charge on any atom is -0.352 e. The van der Waals surface area contributed by atoms with Gasteiger partial charge in [-0.25, -0.2) is 4.98 Å². The van der Waals surface area contributed by atoms with Crippen LogP contribution in [0.4, 0.5) is 0 Å². The first-order valence-corrected chi connectivity index (χ1v) is 15.4. The Bertz CT molecular complexity index is 1040. The fourth-order valence-electron chi connectivity index (χ4n) is 7.33. The van der Waals surface area contributed by atoms with Crippen LogP contribution in [0, 0.1) is 12.8 Å². The zero-order valence-electron chi connectivity index (χ0n) is 22.7. The zero-order chi connectivity index (χ0) is 26.3. The molecule has 37 heavy (non-hydrogen) atoms. The van der Waals surface area contributed by atoms with Gasteiger partial charge in [0.1, 0.15) is 5.82 Å². The minimum absolute atomic E-state index is 0.0396. The normalized spacial score (nSPS) is 30.2. The molecule has 5 rings (SSSR count). The van der Waals surface area contributed by atoms with Crippen LogP contribution in [0.3, 0.4) is 0 Å². The van der Waals surface area contributed by atoms with Crippen LogP contribution in [0.25, 0.3) is 0 Å². The molecule has 2 amide bonds. The molecule has 1 N–H and O–H groups in total. The van der Waals surface area contributed by atoms with Gasteiger partial charge in [-0.1, -0.05) is 31.5 Å². The van der Waals surface area contributed by atoms with Gasteiger partial charge >= 0.3 is 0 Å². The number of nitrogens with zero attached hydrogens (tertiary/aromatic N) is 4. The summed E-state index contributed by atoms with van der Waals surface area (Å²) in [6.07, 6.45) is 10.3. The maximum absolute atomic E-state index is 12.5. The van der Waals surface area contributed by atoms with Gasteiger partial charge in [-0.2, -0.15) is 0 Å². The van der Waals surface area contributed by atoms with Crippen LogP contribution in [-0.2, 0) is 22.6 Å². The SMILES string of the molecule is CCCC(=O)N1CCc2c(nc(C)n2C2CC3CCC(C2)N3CC[C@H](NC(C)=O)C2SC(Cl)=CC2C)C1. The zero-order valence-corrected chi connectivity index (χ0v) is 24.3. The number of nitrogens with one attached hydrogen (secondary N) is 1. The van der Waals surface area contributed by atoms with Gasteiger partial charge in [0.2, 0.25) is 11.8 Å². The molecule has 9 heteroatoms. The van der Waals surface area contributed by atoms with Crippen molar-refractivity contribution in [3.8, 4) is 0 Å². The van der Waals surface area contributed by atoms with Crippen LogP contribution >= 0.6 is 23.4 Å². The van der Waals surface area contributed by atoms with E-state index in [2.05, 4.69) is 41.6 Å². The summed E-state index contributed by atoms with van der Waals surface area (Å²) in [5, 5.41) is 3.54. The number of amides is 2. The largest absolute Gasteiger partial charge is 0.352 e. The smallest absolute Gasteiger partial charge is 0.222 e. The van der Waals surface area contributed by atoms with Crippen molar-refractivity contribution in [2.75, 3.05) is 13.1 Å². The van der Waals surface area contributed by atoms with Gasteiger partial charge in [-0.15, -0.1) is 11.8 Å². The number of carbonyl (C=O) groups is 2. The number of fused-ring (bicyclic) bond motifs is 3.